The number of carbonyl (C=O) groups excluding carboxylic acids is 1. The zero-order chi connectivity index (χ0) is 22.4. The maximum absolute atomic E-state index is 8.89. The highest BCUT2D eigenvalue weighted by atomic mass is 16.4. The van der Waals surface area contributed by atoms with E-state index in [-0.39, 0.29) is 0 Å². The second-order valence-corrected chi connectivity index (χ2v) is 9.27. The first kappa shape index (κ1) is 30.6. The molecule has 4 heteroatoms. The molecule has 1 unspecified atom stereocenters. The van der Waals surface area contributed by atoms with Gasteiger partial charge in [-0.05, 0) is 19.8 Å². The minimum Gasteiger partial charge on any atom is -0.550 e. The third-order valence-electron chi connectivity index (χ3n) is 5.90. The lowest BCUT2D eigenvalue weighted by molar-refractivity contribution is -0.915. The molecule has 0 heterocycles. The van der Waals surface area contributed by atoms with Gasteiger partial charge in [0.1, 0.15) is 6.17 Å². The van der Waals surface area contributed by atoms with Gasteiger partial charge in [0.15, 0.2) is 0 Å². The van der Waals surface area contributed by atoms with Crippen LogP contribution in [0.15, 0.2) is 0 Å². The largest absolute Gasteiger partial charge is 0.550 e. The number of hydrogen-bond acceptors (Lipinski definition) is 3. The van der Waals surface area contributed by atoms with Crippen LogP contribution in [-0.4, -0.2) is 37.3 Å². The summed E-state index contributed by atoms with van der Waals surface area (Å²) in [6.45, 7) is 6.69. The molecule has 1 atom stereocenters. The normalized spacial score (nSPS) is 12.3. The smallest absolute Gasteiger partial charge is 0.139 e. The predicted octanol–water partition coefficient (Wildman–Crippen LogP) is 5.78. The van der Waals surface area contributed by atoms with Gasteiger partial charge < -0.3 is 14.4 Å². The quantitative estimate of drug-likeness (QED) is 0.166. The van der Waals surface area contributed by atoms with E-state index < -0.39 is 5.97 Å². The second kappa shape index (κ2) is 22.1. The standard InChI is InChI=1S/C23H51N2.C2H4O2/c1-5-7-8-9-10-11-12-13-14-15-16-17-18-19-20-21-22-25(3,4)23(24)6-2;1-2(3)4/h23H,5-22,24H2,1-4H3;1H3,(H,3,4)/q+1;/p-1. The van der Waals surface area contributed by atoms with Crippen LogP contribution in [-0.2, 0) is 4.79 Å². The van der Waals surface area contributed by atoms with Crippen LogP contribution in [0.5, 0.6) is 0 Å². The fourth-order valence-corrected chi connectivity index (χ4v) is 3.73. The van der Waals surface area contributed by atoms with Gasteiger partial charge in [0.25, 0.3) is 0 Å². The first-order valence-corrected chi connectivity index (χ1v) is 12.5. The van der Waals surface area contributed by atoms with Gasteiger partial charge in [-0.15, -0.1) is 0 Å². The number of carboxylic acid groups (broad SMARTS) is 1. The molecule has 0 spiro atoms. The van der Waals surface area contributed by atoms with Crippen molar-refractivity contribution in [2.45, 2.75) is 136 Å². The first-order chi connectivity index (χ1) is 13.8. The average molecular weight is 415 g/mol. The van der Waals surface area contributed by atoms with Crippen molar-refractivity contribution in [3.05, 3.63) is 0 Å². The molecule has 29 heavy (non-hydrogen) atoms. The van der Waals surface area contributed by atoms with Crippen LogP contribution >= 0.6 is 0 Å². The third kappa shape index (κ3) is 25.4. The van der Waals surface area contributed by atoms with Gasteiger partial charge >= 0.3 is 0 Å². The van der Waals surface area contributed by atoms with Crippen LogP contribution in [0.3, 0.4) is 0 Å². The summed E-state index contributed by atoms with van der Waals surface area (Å²) in [5.41, 5.74) is 6.19. The molecule has 0 aliphatic heterocycles. The summed E-state index contributed by atoms with van der Waals surface area (Å²) in [5, 5.41) is 8.89. The van der Waals surface area contributed by atoms with E-state index >= 15 is 0 Å². The molecule has 0 amide bonds. The number of unbranched alkanes of at least 4 members (excludes halogenated alkanes) is 15. The summed E-state index contributed by atoms with van der Waals surface area (Å²) in [5.74, 6) is -1.08. The van der Waals surface area contributed by atoms with Crippen molar-refractivity contribution in [3.63, 3.8) is 0 Å². The number of quaternary nitrogens is 1. The van der Waals surface area contributed by atoms with Crippen molar-refractivity contribution in [1.29, 1.82) is 0 Å². The molecule has 176 valence electrons. The molecule has 4 nitrogen and oxygen atoms in total. The molecule has 0 saturated carbocycles. The molecule has 0 bridgehead atoms. The molecule has 0 aromatic heterocycles. The zero-order valence-corrected chi connectivity index (χ0v) is 20.6. The summed E-state index contributed by atoms with van der Waals surface area (Å²) in [6.07, 6.45) is 24.4. The number of nitrogens with two attached hydrogens (primary N) is 1. The van der Waals surface area contributed by atoms with Crippen LogP contribution in [0.1, 0.15) is 130 Å². The topological polar surface area (TPSA) is 66.1 Å². The minimum absolute atomic E-state index is 0.302. The Hall–Kier alpha value is -0.610. The SMILES string of the molecule is CC(=O)[O-].CCCCCCCCCCCCCCCCCC[N+](C)(C)C(N)CC. The van der Waals surface area contributed by atoms with Crippen LogP contribution in [0.25, 0.3) is 0 Å². The predicted molar refractivity (Wildman–Crippen MR) is 125 cm³/mol. The Morgan fingerprint density at radius 1 is 0.724 bits per heavy atom. The van der Waals surface area contributed by atoms with E-state index in [1.807, 2.05) is 0 Å². The molecule has 0 aromatic carbocycles. The zero-order valence-electron chi connectivity index (χ0n) is 20.6. The van der Waals surface area contributed by atoms with E-state index in [9.17, 15) is 0 Å². The highest BCUT2D eigenvalue weighted by molar-refractivity contribution is 5.60. The van der Waals surface area contributed by atoms with Gasteiger partial charge in [-0.25, -0.2) is 0 Å². The Morgan fingerprint density at radius 2 is 1.00 bits per heavy atom. The molecule has 2 N–H and O–H groups in total. The van der Waals surface area contributed by atoms with Crippen molar-refractivity contribution >= 4 is 5.97 Å². The Balaban J connectivity index is 0. The van der Waals surface area contributed by atoms with Crippen LogP contribution < -0.4 is 10.8 Å². The maximum atomic E-state index is 8.89. The Kier molecular flexibility index (Phi) is 23.3. The third-order valence-corrected chi connectivity index (χ3v) is 5.90. The summed E-state index contributed by atoms with van der Waals surface area (Å²) in [4.78, 5) is 8.89. The van der Waals surface area contributed by atoms with Crippen molar-refractivity contribution < 1.29 is 14.4 Å². The fraction of sp³-hybridized carbons (Fsp3) is 0.960. The number of carboxylic acids is 1. The molecule has 0 rings (SSSR count). The number of nitrogens with zero attached hydrogens (tertiary/aromatic N) is 1. The molecule has 0 aliphatic carbocycles. The van der Waals surface area contributed by atoms with Gasteiger partial charge in [0, 0.05) is 12.4 Å². The van der Waals surface area contributed by atoms with E-state index in [1.54, 1.807) is 0 Å². The van der Waals surface area contributed by atoms with Crippen LogP contribution in [0, 0.1) is 0 Å². The highest BCUT2D eigenvalue weighted by Gasteiger charge is 2.21. The maximum Gasteiger partial charge on any atom is 0.139 e. The van der Waals surface area contributed by atoms with E-state index in [0.717, 1.165) is 17.8 Å². The van der Waals surface area contributed by atoms with Crippen LogP contribution in [0.4, 0.5) is 0 Å². The lowest BCUT2D eigenvalue weighted by atomic mass is 10.0. The number of rotatable bonds is 19. The summed E-state index contributed by atoms with van der Waals surface area (Å²) in [7, 11) is 4.55. The summed E-state index contributed by atoms with van der Waals surface area (Å²) >= 11 is 0. The van der Waals surface area contributed by atoms with Gasteiger partial charge in [-0.2, -0.15) is 0 Å². The Morgan fingerprint density at radius 3 is 1.28 bits per heavy atom. The lowest BCUT2D eigenvalue weighted by Gasteiger charge is -2.35. The fourth-order valence-electron chi connectivity index (χ4n) is 3.73. The molecular weight excluding hydrogens is 360 g/mol. The van der Waals surface area contributed by atoms with Crippen molar-refractivity contribution in [1.82, 2.24) is 0 Å². The number of carbonyl (C=O) groups is 1. The van der Waals surface area contributed by atoms with Gasteiger partial charge in [-0.1, -0.05) is 104 Å². The minimum atomic E-state index is -1.08. The van der Waals surface area contributed by atoms with Gasteiger partial charge in [0.2, 0.25) is 0 Å². The monoisotopic (exact) mass is 414 g/mol. The molecule has 0 fully saturated rings. The molecule has 0 radical (unpaired) electrons. The highest BCUT2D eigenvalue weighted by Crippen LogP contribution is 2.14. The van der Waals surface area contributed by atoms with Crippen molar-refractivity contribution in [3.8, 4) is 0 Å². The van der Waals surface area contributed by atoms with E-state index in [2.05, 4.69) is 27.9 Å². The summed E-state index contributed by atoms with van der Waals surface area (Å²) < 4.78 is 0.981. The Labute approximate surface area is 183 Å². The van der Waals surface area contributed by atoms with E-state index in [0.29, 0.717) is 6.17 Å². The van der Waals surface area contributed by atoms with Gasteiger partial charge in [-0.3, -0.25) is 5.73 Å². The number of hydrogen-bond donors (Lipinski definition) is 1. The molecule has 0 saturated heterocycles. The van der Waals surface area contributed by atoms with Crippen molar-refractivity contribution in [2.75, 3.05) is 20.6 Å². The molecule has 0 aliphatic rings. The molecule has 0 aromatic rings. The summed E-state index contributed by atoms with van der Waals surface area (Å²) in [6, 6.07) is 0. The van der Waals surface area contributed by atoms with E-state index in [1.165, 1.54) is 109 Å². The van der Waals surface area contributed by atoms with Crippen LogP contribution in [0.2, 0.25) is 0 Å². The number of aliphatic carboxylic acids is 1. The average Bonchev–Trinajstić information content (AvgIpc) is 2.66. The van der Waals surface area contributed by atoms with Gasteiger partial charge in [0.05, 0.1) is 20.6 Å². The van der Waals surface area contributed by atoms with Crippen molar-refractivity contribution in [2.24, 2.45) is 5.73 Å². The molecular formula is C25H54N2O2. The second-order valence-electron chi connectivity index (χ2n) is 9.27. The lowest BCUT2D eigenvalue weighted by Crippen LogP contribution is -2.53. The van der Waals surface area contributed by atoms with E-state index in [4.69, 9.17) is 15.6 Å². The Bertz CT molecular complexity index is 342. The first-order valence-electron chi connectivity index (χ1n) is 12.5.